The second-order valence-corrected chi connectivity index (χ2v) is 5.50. The Bertz CT molecular complexity index is 837. The summed E-state index contributed by atoms with van der Waals surface area (Å²) in [5.74, 6) is -0.586. The Morgan fingerprint density at radius 3 is 2.46 bits per heavy atom. The molecule has 0 radical (unpaired) electrons. The van der Waals surface area contributed by atoms with Gasteiger partial charge in [-0.3, -0.25) is 14.9 Å². The molecule has 0 aliphatic heterocycles. The zero-order valence-electron chi connectivity index (χ0n) is 13.8. The smallest absolute Gasteiger partial charge is 0.418 e. The summed E-state index contributed by atoms with van der Waals surface area (Å²) in [6.07, 6.45) is -5.72. The number of benzene rings is 2. The number of para-hydroxylation sites is 1. The number of nitrogens with zero attached hydrogens (tertiary/aromatic N) is 1. The number of carbonyl (C=O) groups excluding carboxylic acids is 1. The number of nitrogens with one attached hydrogen (secondary N) is 1. The summed E-state index contributed by atoms with van der Waals surface area (Å²) < 4.78 is 44.2. The van der Waals surface area contributed by atoms with Crippen molar-refractivity contribution in [3.05, 3.63) is 63.7 Å². The summed E-state index contributed by atoms with van der Waals surface area (Å²) in [6, 6.07) is 8.52. The number of halogens is 3. The van der Waals surface area contributed by atoms with Gasteiger partial charge in [0.25, 0.3) is 11.6 Å². The predicted octanol–water partition coefficient (Wildman–Crippen LogP) is 4.33. The van der Waals surface area contributed by atoms with Crippen molar-refractivity contribution < 1.29 is 27.6 Å². The molecule has 2 rings (SSSR count). The van der Waals surface area contributed by atoms with Crippen molar-refractivity contribution in [2.24, 2.45) is 0 Å². The maximum absolute atomic E-state index is 13.0. The van der Waals surface area contributed by atoms with Gasteiger partial charge in [0.15, 0.2) is 6.10 Å². The third-order valence-corrected chi connectivity index (χ3v) is 3.54. The van der Waals surface area contributed by atoms with Crippen LogP contribution in [0.4, 0.5) is 24.5 Å². The van der Waals surface area contributed by atoms with Gasteiger partial charge in [0.2, 0.25) is 0 Å². The highest BCUT2D eigenvalue weighted by atomic mass is 19.4. The normalized spacial score (nSPS) is 12.3. The number of carbonyl (C=O) groups is 1. The zero-order chi connectivity index (χ0) is 19.5. The molecule has 0 saturated heterocycles. The van der Waals surface area contributed by atoms with Crippen LogP contribution in [0.2, 0.25) is 0 Å². The molecule has 9 heteroatoms. The van der Waals surface area contributed by atoms with Crippen LogP contribution in [-0.4, -0.2) is 16.9 Å². The van der Waals surface area contributed by atoms with Gasteiger partial charge < -0.3 is 10.1 Å². The molecule has 0 aromatic heterocycles. The maximum Gasteiger partial charge on any atom is 0.418 e. The average Bonchev–Trinajstić information content (AvgIpc) is 2.54. The van der Waals surface area contributed by atoms with E-state index in [1.54, 1.807) is 0 Å². The number of rotatable bonds is 5. The second kappa shape index (κ2) is 7.42. The van der Waals surface area contributed by atoms with Crippen molar-refractivity contribution in [1.29, 1.82) is 0 Å². The van der Waals surface area contributed by atoms with Crippen molar-refractivity contribution in [2.45, 2.75) is 26.1 Å². The number of hydrogen-bond acceptors (Lipinski definition) is 4. The van der Waals surface area contributed by atoms with Crippen LogP contribution in [0.25, 0.3) is 0 Å². The standard InChI is InChI=1S/C17H15F3N2O4/c1-10-9-12(7-8-15(10)22(24)25)26-11(2)16(23)21-14-6-4-3-5-13(14)17(18,19)20/h3-9,11H,1-2H3,(H,21,23)/t11-/m1/s1. The molecule has 2 aromatic rings. The molecule has 0 saturated carbocycles. The lowest BCUT2D eigenvalue weighted by atomic mass is 10.1. The number of anilines is 1. The van der Waals surface area contributed by atoms with Gasteiger partial charge in [0, 0.05) is 11.6 Å². The lowest BCUT2D eigenvalue weighted by Gasteiger charge is -2.17. The molecule has 26 heavy (non-hydrogen) atoms. The SMILES string of the molecule is Cc1cc(O[C@H](C)C(=O)Nc2ccccc2C(F)(F)F)ccc1[N+](=O)[O-]. The number of alkyl halides is 3. The van der Waals surface area contributed by atoms with Crippen LogP contribution in [0.3, 0.4) is 0 Å². The fourth-order valence-corrected chi connectivity index (χ4v) is 2.24. The van der Waals surface area contributed by atoms with Gasteiger partial charge in [0.1, 0.15) is 5.75 Å². The first-order chi connectivity index (χ1) is 12.1. The maximum atomic E-state index is 13.0. The lowest BCUT2D eigenvalue weighted by molar-refractivity contribution is -0.385. The van der Waals surface area contributed by atoms with Crippen molar-refractivity contribution in [3.8, 4) is 5.75 Å². The Balaban J connectivity index is 2.12. The Hall–Kier alpha value is -3.10. The summed E-state index contributed by atoms with van der Waals surface area (Å²) >= 11 is 0. The lowest BCUT2D eigenvalue weighted by Crippen LogP contribution is -2.31. The topological polar surface area (TPSA) is 81.5 Å². The molecule has 0 heterocycles. The fraction of sp³-hybridized carbons (Fsp3) is 0.235. The van der Waals surface area contributed by atoms with Gasteiger partial charge in [0.05, 0.1) is 16.2 Å². The molecule has 138 valence electrons. The van der Waals surface area contributed by atoms with Gasteiger partial charge >= 0.3 is 6.18 Å². The van der Waals surface area contributed by atoms with Crippen LogP contribution in [0.5, 0.6) is 5.75 Å². The third-order valence-electron chi connectivity index (χ3n) is 3.54. The molecule has 1 atom stereocenters. The molecular formula is C17H15F3N2O4. The van der Waals surface area contributed by atoms with Gasteiger partial charge in [-0.15, -0.1) is 0 Å². The predicted molar refractivity (Wildman–Crippen MR) is 88.0 cm³/mol. The van der Waals surface area contributed by atoms with E-state index in [4.69, 9.17) is 4.74 Å². The van der Waals surface area contributed by atoms with Crippen molar-refractivity contribution in [3.63, 3.8) is 0 Å². The highest BCUT2D eigenvalue weighted by Crippen LogP contribution is 2.34. The van der Waals surface area contributed by atoms with E-state index in [9.17, 15) is 28.1 Å². The van der Waals surface area contributed by atoms with Gasteiger partial charge in [-0.2, -0.15) is 13.2 Å². The monoisotopic (exact) mass is 368 g/mol. The number of aryl methyl sites for hydroxylation is 1. The van der Waals surface area contributed by atoms with Gasteiger partial charge in [-0.25, -0.2) is 0 Å². The zero-order valence-corrected chi connectivity index (χ0v) is 13.8. The molecule has 2 aromatic carbocycles. The van der Waals surface area contributed by atoms with E-state index in [1.807, 2.05) is 0 Å². The summed E-state index contributed by atoms with van der Waals surface area (Å²) in [4.78, 5) is 22.4. The minimum atomic E-state index is -4.61. The first kappa shape index (κ1) is 19.2. The highest BCUT2D eigenvalue weighted by Gasteiger charge is 2.34. The number of nitro benzene ring substituents is 1. The van der Waals surface area contributed by atoms with Gasteiger partial charge in [-0.1, -0.05) is 12.1 Å². The van der Waals surface area contributed by atoms with Crippen LogP contribution in [0.15, 0.2) is 42.5 Å². The van der Waals surface area contributed by atoms with Crippen LogP contribution < -0.4 is 10.1 Å². The molecule has 0 unspecified atom stereocenters. The molecule has 1 amide bonds. The number of hydrogen-bond donors (Lipinski definition) is 1. The molecule has 0 aliphatic carbocycles. The molecule has 0 fully saturated rings. The van der Waals surface area contributed by atoms with Crippen molar-refractivity contribution in [1.82, 2.24) is 0 Å². The summed E-state index contributed by atoms with van der Waals surface area (Å²) in [7, 11) is 0. The van der Waals surface area contributed by atoms with Crippen LogP contribution in [-0.2, 0) is 11.0 Å². The Morgan fingerprint density at radius 2 is 1.88 bits per heavy atom. The Morgan fingerprint density at radius 1 is 1.23 bits per heavy atom. The minimum Gasteiger partial charge on any atom is -0.481 e. The number of ether oxygens (including phenoxy) is 1. The van der Waals surface area contributed by atoms with Crippen molar-refractivity contribution >= 4 is 17.3 Å². The van der Waals surface area contributed by atoms with Crippen molar-refractivity contribution in [2.75, 3.05) is 5.32 Å². The summed E-state index contributed by atoms with van der Waals surface area (Å²) in [6.45, 7) is 2.87. The van der Waals surface area contributed by atoms with E-state index in [0.717, 1.165) is 12.1 Å². The number of nitro groups is 1. The van der Waals surface area contributed by atoms with Gasteiger partial charge in [-0.05, 0) is 38.1 Å². The van der Waals surface area contributed by atoms with E-state index in [2.05, 4.69) is 5.32 Å². The number of amides is 1. The van der Waals surface area contributed by atoms with E-state index < -0.39 is 28.7 Å². The minimum absolute atomic E-state index is 0.103. The second-order valence-electron chi connectivity index (χ2n) is 5.50. The van der Waals surface area contributed by atoms with E-state index >= 15 is 0 Å². The quantitative estimate of drug-likeness (QED) is 0.629. The largest absolute Gasteiger partial charge is 0.481 e. The van der Waals surface area contributed by atoms with E-state index in [0.29, 0.717) is 5.56 Å². The fourth-order valence-electron chi connectivity index (χ4n) is 2.24. The first-order valence-electron chi connectivity index (χ1n) is 7.48. The Labute approximate surface area is 146 Å². The molecule has 1 N–H and O–H groups in total. The molecule has 0 spiro atoms. The molecular weight excluding hydrogens is 353 g/mol. The van der Waals surface area contributed by atoms with E-state index in [-0.39, 0.29) is 17.1 Å². The highest BCUT2D eigenvalue weighted by molar-refractivity contribution is 5.94. The molecule has 6 nitrogen and oxygen atoms in total. The first-order valence-corrected chi connectivity index (χ1v) is 7.48. The Kier molecular flexibility index (Phi) is 5.49. The molecule has 0 aliphatic rings. The van der Waals surface area contributed by atoms with Crippen LogP contribution in [0, 0.1) is 17.0 Å². The molecule has 0 bridgehead atoms. The third kappa shape index (κ3) is 4.50. The van der Waals surface area contributed by atoms with Crippen LogP contribution >= 0.6 is 0 Å². The summed E-state index contributed by atoms with van der Waals surface area (Å²) in [5.41, 5.74) is -1.11. The van der Waals surface area contributed by atoms with Crippen LogP contribution in [0.1, 0.15) is 18.1 Å². The average molecular weight is 368 g/mol. The summed E-state index contributed by atoms with van der Waals surface area (Å²) in [5, 5.41) is 13.0. The van der Waals surface area contributed by atoms with E-state index in [1.165, 1.54) is 44.2 Å².